The molecule has 1 aromatic carbocycles. The van der Waals surface area contributed by atoms with Gasteiger partial charge in [0.25, 0.3) is 11.8 Å². The van der Waals surface area contributed by atoms with E-state index in [1.54, 1.807) is 12.0 Å². The summed E-state index contributed by atoms with van der Waals surface area (Å²) in [5, 5.41) is 23.0. The van der Waals surface area contributed by atoms with Crippen LogP contribution in [0.1, 0.15) is 71.2 Å². The normalized spacial score (nSPS) is 16.6. The molecule has 2 aromatic rings. The lowest BCUT2D eigenvalue weighted by Gasteiger charge is -2.53. The number of carboxylic acid groups (broad SMARTS) is 2. The zero-order valence-corrected chi connectivity index (χ0v) is 30.6. The summed E-state index contributed by atoms with van der Waals surface area (Å²) in [6.45, 7) is 18.9. The van der Waals surface area contributed by atoms with E-state index in [1.165, 1.54) is 37.4 Å². The Bertz CT molecular complexity index is 1430. The lowest BCUT2D eigenvalue weighted by Crippen LogP contribution is -2.62. The fourth-order valence-corrected chi connectivity index (χ4v) is 6.84. The smallest absolute Gasteiger partial charge is 0.414 e. The van der Waals surface area contributed by atoms with Crippen LogP contribution in [0.4, 0.5) is 10.2 Å². The van der Waals surface area contributed by atoms with E-state index >= 15 is 0 Å². The van der Waals surface area contributed by atoms with Gasteiger partial charge in [-0.25, -0.2) is 19.0 Å². The number of likely N-dealkylation sites (N-methyl/N-ethyl adjacent to an activating group) is 1. The predicted octanol–water partition coefficient (Wildman–Crippen LogP) is 4.11. The molecule has 0 saturated carbocycles. The van der Waals surface area contributed by atoms with Crippen molar-refractivity contribution in [2.24, 2.45) is 11.3 Å². The van der Waals surface area contributed by atoms with Gasteiger partial charge in [-0.05, 0) is 84.7 Å². The molecule has 0 aliphatic carbocycles. The van der Waals surface area contributed by atoms with E-state index < -0.39 is 17.8 Å². The second-order valence-electron chi connectivity index (χ2n) is 14.0. The molecule has 278 valence electrons. The van der Waals surface area contributed by atoms with Gasteiger partial charge in [0, 0.05) is 63.9 Å². The number of ether oxygens (including phenoxy) is 2. The number of halogens is 1. The van der Waals surface area contributed by atoms with Crippen molar-refractivity contribution in [2.75, 3.05) is 64.9 Å². The van der Waals surface area contributed by atoms with Gasteiger partial charge in [0.1, 0.15) is 17.9 Å². The van der Waals surface area contributed by atoms with Gasteiger partial charge < -0.3 is 34.4 Å². The highest BCUT2D eigenvalue weighted by Gasteiger charge is 2.50. The van der Waals surface area contributed by atoms with Crippen LogP contribution in [0.3, 0.4) is 0 Å². The Morgan fingerprint density at radius 2 is 1.76 bits per heavy atom. The number of hydrogen-bond donors (Lipinski definition) is 2. The van der Waals surface area contributed by atoms with Crippen molar-refractivity contribution in [1.82, 2.24) is 29.9 Å². The monoisotopic (exact) mass is 703 g/mol. The Labute approximate surface area is 294 Å². The zero-order chi connectivity index (χ0) is 37.2. The second kappa shape index (κ2) is 18.3. The van der Waals surface area contributed by atoms with Gasteiger partial charge in [0.15, 0.2) is 5.82 Å². The molecule has 1 spiro atoms. The van der Waals surface area contributed by atoms with Crippen LogP contribution in [0.5, 0.6) is 11.6 Å². The molecule has 4 rings (SSSR count). The average molecular weight is 704 g/mol. The molecular formula is C35H54FN7O7. The molecule has 0 radical (unpaired) electrons. The molecular weight excluding hydrogens is 649 g/mol. The van der Waals surface area contributed by atoms with E-state index in [0.29, 0.717) is 24.3 Å². The van der Waals surface area contributed by atoms with Crippen LogP contribution < -0.4 is 9.64 Å². The molecule has 2 saturated heterocycles. The van der Waals surface area contributed by atoms with E-state index in [-0.39, 0.29) is 40.7 Å². The summed E-state index contributed by atoms with van der Waals surface area (Å²) >= 11 is 0. The summed E-state index contributed by atoms with van der Waals surface area (Å²) in [4.78, 5) is 45.0. The van der Waals surface area contributed by atoms with Crippen molar-refractivity contribution in [3.63, 3.8) is 0 Å². The number of likely N-dealkylation sites (tertiary alicyclic amines) is 1. The number of methoxy groups -OCH3 is 1. The maximum Gasteiger partial charge on any atom is 0.414 e. The summed E-state index contributed by atoms with van der Waals surface area (Å²) in [6.07, 6.45) is 5.08. The van der Waals surface area contributed by atoms with E-state index in [1.807, 2.05) is 20.8 Å². The molecule has 1 aromatic heterocycles. The third-order valence-electron chi connectivity index (χ3n) is 9.42. The molecule has 0 bridgehead atoms. The van der Waals surface area contributed by atoms with Crippen molar-refractivity contribution in [3.8, 4) is 11.6 Å². The highest BCUT2D eigenvalue weighted by atomic mass is 19.1. The highest BCUT2D eigenvalue weighted by molar-refractivity contribution is 6.27. The van der Waals surface area contributed by atoms with Crippen molar-refractivity contribution in [3.05, 3.63) is 35.9 Å². The molecule has 2 aliphatic heterocycles. The first-order valence-corrected chi connectivity index (χ1v) is 17.2. The molecule has 2 aliphatic rings. The first-order chi connectivity index (χ1) is 23.6. The predicted molar refractivity (Wildman–Crippen MR) is 186 cm³/mol. The van der Waals surface area contributed by atoms with Gasteiger partial charge in [-0.2, -0.15) is 0 Å². The maximum absolute atomic E-state index is 14.3. The molecule has 2 atom stereocenters. The lowest BCUT2D eigenvalue weighted by atomic mass is 9.76. The van der Waals surface area contributed by atoms with Crippen molar-refractivity contribution in [2.45, 2.75) is 79.0 Å². The van der Waals surface area contributed by atoms with Gasteiger partial charge in [0.05, 0.1) is 11.7 Å². The molecule has 1 unspecified atom stereocenters. The third-order valence-corrected chi connectivity index (χ3v) is 9.42. The van der Waals surface area contributed by atoms with Gasteiger partial charge in [-0.15, -0.1) is 10.2 Å². The Morgan fingerprint density at radius 1 is 1.08 bits per heavy atom. The quantitative estimate of drug-likeness (QED) is 0.255. The number of nitrogens with zero attached hydrogens (tertiary/aromatic N) is 7. The molecule has 15 heteroatoms. The molecule has 14 nitrogen and oxygen atoms in total. The number of hydrogen-bond acceptors (Lipinski definition) is 11. The summed E-state index contributed by atoms with van der Waals surface area (Å²) in [6, 6.07) is 4.51. The Balaban J connectivity index is 0.00000103. The van der Waals surface area contributed by atoms with Crippen LogP contribution in [0, 0.1) is 17.2 Å². The molecule has 2 N–H and O–H groups in total. The second-order valence-corrected chi connectivity index (χ2v) is 14.0. The van der Waals surface area contributed by atoms with Crippen LogP contribution in [-0.2, 0) is 14.3 Å². The fraction of sp³-hybridized carbons (Fsp3) is 0.657. The van der Waals surface area contributed by atoms with E-state index in [9.17, 15) is 9.18 Å². The van der Waals surface area contributed by atoms with Crippen LogP contribution in [0.2, 0.25) is 0 Å². The van der Waals surface area contributed by atoms with Gasteiger partial charge in [-0.3, -0.25) is 9.69 Å². The van der Waals surface area contributed by atoms with E-state index in [2.05, 4.69) is 57.7 Å². The largest absolute Gasteiger partial charge is 0.473 e. The number of amides is 1. The fourth-order valence-electron chi connectivity index (χ4n) is 6.84. The number of rotatable bonds is 15. The average Bonchev–Trinajstić information content (AvgIpc) is 3.49. The number of anilines is 1. The van der Waals surface area contributed by atoms with Crippen molar-refractivity contribution in [1.29, 1.82) is 0 Å². The van der Waals surface area contributed by atoms with Crippen molar-refractivity contribution >= 4 is 23.7 Å². The Hall–Kier alpha value is -3.95. The highest BCUT2D eigenvalue weighted by Crippen LogP contribution is 2.44. The first kappa shape index (κ1) is 40.5. The number of carboxylic acids is 2. The number of aliphatic carboxylic acids is 2. The standard InChI is InChI=1S/C33H52FN7O3.C2H2O4/c1-9-41(24(4)5)32(42)27-17-26(34)12-13-29(27)44-31-30(35-22-36-37-31)39-16-14-33(19-39)20-40(21-33)28(23(2)3)11-10-15-38(7)18-25(6)43-8;3-1(4)2(5)6/h12-13,17,22-25,28H,9-11,14-16,18-21H2,1-8H3;(H,3,4)(H,5,6)/t25?,28-;/m0./s1. The minimum atomic E-state index is -1.82. The molecule has 2 fully saturated rings. The summed E-state index contributed by atoms with van der Waals surface area (Å²) in [5.41, 5.74) is 0.361. The number of carbonyl (C=O) groups is 3. The number of aromatic nitrogens is 3. The number of benzene rings is 1. The minimum absolute atomic E-state index is 0.0402. The van der Waals surface area contributed by atoms with Crippen molar-refractivity contribution < 1.29 is 38.5 Å². The lowest BCUT2D eigenvalue weighted by molar-refractivity contribution is -0.159. The molecule has 1 amide bonds. The van der Waals surface area contributed by atoms with Gasteiger partial charge in [-0.1, -0.05) is 13.8 Å². The van der Waals surface area contributed by atoms with Crippen LogP contribution in [-0.4, -0.2) is 136 Å². The zero-order valence-electron chi connectivity index (χ0n) is 30.6. The topological polar surface area (TPSA) is 162 Å². The number of carbonyl (C=O) groups excluding carboxylic acids is 1. The summed E-state index contributed by atoms with van der Waals surface area (Å²) in [7, 11) is 3.94. The van der Waals surface area contributed by atoms with Gasteiger partial charge >= 0.3 is 11.9 Å². The maximum atomic E-state index is 14.3. The summed E-state index contributed by atoms with van der Waals surface area (Å²) in [5.74, 6) is -2.78. The molecule has 3 heterocycles. The first-order valence-electron chi connectivity index (χ1n) is 17.2. The van der Waals surface area contributed by atoms with Crippen LogP contribution in [0.25, 0.3) is 0 Å². The summed E-state index contributed by atoms with van der Waals surface area (Å²) < 4.78 is 25.9. The Morgan fingerprint density at radius 3 is 2.34 bits per heavy atom. The minimum Gasteiger partial charge on any atom is -0.473 e. The Kier molecular flexibility index (Phi) is 14.8. The van der Waals surface area contributed by atoms with E-state index in [0.717, 1.165) is 45.7 Å². The third kappa shape index (κ3) is 10.8. The molecule has 50 heavy (non-hydrogen) atoms. The van der Waals surface area contributed by atoms with Gasteiger partial charge in [0.2, 0.25) is 0 Å². The SMILES string of the molecule is CCN(C(=O)c1cc(F)ccc1Oc1nncnc1N1CCC2(C1)CN([C@@H](CCCN(C)CC(C)OC)C(C)C)C2)C(C)C.O=C(O)C(=O)O. The van der Waals surface area contributed by atoms with Crippen LogP contribution in [0.15, 0.2) is 24.5 Å². The van der Waals surface area contributed by atoms with Crippen LogP contribution >= 0.6 is 0 Å². The van der Waals surface area contributed by atoms with E-state index in [4.69, 9.17) is 29.3 Å².